The SMILES string of the molecule is CCCCCC=CCCCCOc1ccc(-c2ncc(CCCCCCCC)cn2)cc1. The van der Waals surface area contributed by atoms with Crippen molar-refractivity contribution in [2.45, 2.75) is 104 Å². The number of allylic oxidation sites excluding steroid dienone is 2. The van der Waals surface area contributed by atoms with Crippen molar-refractivity contribution in [1.82, 2.24) is 9.97 Å². The number of hydrogen-bond acceptors (Lipinski definition) is 3. The van der Waals surface area contributed by atoms with Crippen LogP contribution in [0.2, 0.25) is 0 Å². The van der Waals surface area contributed by atoms with Crippen LogP contribution < -0.4 is 4.74 Å². The first kappa shape index (κ1) is 26.1. The van der Waals surface area contributed by atoms with Gasteiger partial charge in [-0.2, -0.15) is 0 Å². The maximum absolute atomic E-state index is 5.89. The van der Waals surface area contributed by atoms with E-state index in [9.17, 15) is 0 Å². The maximum atomic E-state index is 5.89. The van der Waals surface area contributed by atoms with Crippen molar-refractivity contribution in [1.29, 1.82) is 0 Å². The highest BCUT2D eigenvalue weighted by Gasteiger charge is 2.03. The highest BCUT2D eigenvalue weighted by molar-refractivity contribution is 5.55. The van der Waals surface area contributed by atoms with E-state index in [4.69, 9.17) is 4.74 Å². The molecule has 0 spiro atoms. The lowest BCUT2D eigenvalue weighted by Crippen LogP contribution is -1.97. The van der Waals surface area contributed by atoms with Gasteiger partial charge in [0.25, 0.3) is 0 Å². The third-order valence-electron chi connectivity index (χ3n) is 5.81. The van der Waals surface area contributed by atoms with Crippen molar-refractivity contribution in [3.05, 3.63) is 54.4 Å². The second-order valence-corrected chi connectivity index (χ2v) is 8.77. The first-order valence-electron chi connectivity index (χ1n) is 13.0. The molecule has 3 nitrogen and oxygen atoms in total. The monoisotopic (exact) mass is 436 g/mol. The fourth-order valence-electron chi connectivity index (χ4n) is 3.74. The summed E-state index contributed by atoms with van der Waals surface area (Å²) < 4.78 is 5.89. The summed E-state index contributed by atoms with van der Waals surface area (Å²) in [6.07, 6.45) is 26.2. The minimum absolute atomic E-state index is 0.770. The van der Waals surface area contributed by atoms with Gasteiger partial charge in [0, 0.05) is 18.0 Å². The van der Waals surface area contributed by atoms with E-state index in [1.54, 1.807) is 0 Å². The molecule has 1 aromatic carbocycles. The quantitative estimate of drug-likeness (QED) is 0.173. The summed E-state index contributed by atoms with van der Waals surface area (Å²) in [6, 6.07) is 8.15. The van der Waals surface area contributed by atoms with E-state index >= 15 is 0 Å². The zero-order valence-electron chi connectivity index (χ0n) is 20.5. The molecule has 0 unspecified atom stereocenters. The van der Waals surface area contributed by atoms with Crippen LogP contribution in [0.5, 0.6) is 5.75 Å². The molecule has 0 fully saturated rings. The molecule has 3 heteroatoms. The van der Waals surface area contributed by atoms with Gasteiger partial charge in [0.05, 0.1) is 6.61 Å². The predicted octanol–water partition coefficient (Wildman–Crippen LogP) is 8.73. The summed E-state index contributed by atoms with van der Waals surface area (Å²) in [4.78, 5) is 9.15. The van der Waals surface area contributed by atoms with Crippen molar-refractivity contribution in [2.75, 3.05) is 6.61 Å². The van der Waals surface area contributed by atoms with Crippen LogP contribution in [0.1, 0.15) is 103 Å². The van der Waals surface area contributed by atoms with Gasteiger partial charge in [0.15, 0.2) is 5.82 Å². The summed E-state index contributed by atoms with van der Waals surface area (Å²) >= 11 is 0. The van der Waals surface area contributed by atoms with Crippen molar-refractivity contribution in [2.24, 2.45) is 0 Å². The lowest BCUT2D eigenvalue weighted by molar-refractivity contribution is 0.307. The standard InChI is InChI=1S/C29H44N2O/c1-3-5-7-9-11-12-13-15-17-23-32-28-21-19-27(20-22-28)29-30-24-26(25-31-29)18-16-14-10-8-6-4-2/h11-12,19-22,24-25H,3-10,13-18,23H2,1-2H3. The number of benzene rings is 1. The van der Waals surface area contributed by atoms with Gasteiger partial charge < -0.3 is 4.74 Å². The van der Waals surface area contributed by atoms with Gasteiger partial charge in [0.2, 0.25) is 0 Å². The van der Waals surface area contributed by atoms with Crippen LogP contribution >= 0.6 is 0 Å². The summed E-state index contributed by atoms with van der Waals surface area (Å²) in [6.45, 7) is 5.28. The number of aryl methyl sites for hydroxylation is 1. The van der Waals surface area contributed by atoms with E-state index in [-0.39, 0.29) is 0 Å². The van der Waals surface area contributed by atoms with E-state index in [0.717, 1.165) is 43.0 Å². The molecule has 1 aromatic heterocycles. The number of nitrogens with zero attached hydrogens (tertiary/aromatic N) is 2. The highest BCUT2D eigenvalue weighted by atomic mass is 16.5. The van der Waals surface area contributed by atoms with Gasteiger partial charge in [-0.25, -0.2) is 9.97 Å². The Bertz CT molecular complexity index is 722. The Kier molecular flexibility index (Phi) is 14.2. The Balaban J connectivity index is 1.62. The molecule has 2 aromatic rings. The van der Waals surface area contributed by atoms with Gasteiger partial charge in [-0.05, 0) is 74.8 Å². The third-order valence-corrected chi connectivity index (χ3v) is 5.81. The molecule has 0 saturated heterocycles. The lowest BCUT2D eigenvalue weighted by atomic mass is 10.1. The molecule has 2 rings (SSSR count). The van der Waals surface area contributed by atoms with Crippen molar-refractivity contribution in [3.63, 3.8) is 0 Å². The van der Waals surface area contributed by atoms with Gasteiger partial charge in [-0.3, -0.25) is 0 Å². The van der Waals surface area contributed by atoms with Gasteiger partial charge in [-0.15, -0.1) is 0 Å². The molecule has 0 N–H and O–H groups in total. The molecular formula is C29H44N2O. The molecule has 0 radical (unpaired) electrons. The molecule has 0 saturated carbocycles. The Labute approximate surface area is 196 Å². The van der Waals surface area contributed by atoms with Crippen LogP contribution in [0, 0.1) is 0 Å². The number of rotatable bonds is 18. The van der Waals surface area contributed by atoms with E-state index in [1.165, 1.54) is 76.2 Å². The molecule has 0 aliphatic carbocycles. The smallest absolute Gasteiger partial charge is 0.159 e. The van der Waals surface area contributed by atoms with E-state index < -0.39 is 0 Å². The lowest BCUT2D eigenvalue weighted by Gasteiger charge is -2.07. The van der Waals surface area contributed by atoms with Crippen LogP contribution in [-0.2, 0) is 6.42 Å². The minimum atomic E-state index is 0.770. The molecule has 32 heavy (non-hydrogen) atoms. The Morgan fingerprint density at radius 1 is 0.688 bits per heavy atom. The van der Waals surface area contributed by atoms with E-state index in [0.29, 0.717) is 0 Å². The maximum Gasteiger partial charge on any atom is 0.159 e. The number of ether oxygens (including phenoxy) is 1. The molecule has 0 aliphatic heterocycles. The van der Waals surface area contributed by atoms with Crippen LogP contribution in [-0.4, -0.2) is 16.6 Å². The molecule has 0 atom stereocenters. The third kappa shape index (κ3) is 11.5. The molecular weight excluding hydrogens is 392 g/mol. The molecule has 0 amide bonds. The first-order chi connectivity index (χ1) is 15.8. The Morgan fingerprint density at radius 2 is 1.28 bits per heavy atom. The van der Waals surface area contributed by atoms with Gasteiger partial charge in [0.1, 0.15) is 5.75 Å². The van der Waals surface area contributed by atoms with Crippen molar-refractivity contribution in [3.8, 4) is 17.1 Å². The first-order valence-corrected chi connectivity index (χ1v) is 13.0. The molecule has 0 aliphatic rings. The average Bonchev–Trinajstić information content (AvgIpc) is 2.83. The predicted molar refractivity (Wildman–Crippen MR) is 137 cm³/mol. The van der Waals surface area contributed by atoms with Crippen molar-refractivity contribution >= 4 is 0 Å². The molecule has 1 heterocycles. The topological polar surface area (TPSA) is 35.0 Å². The number of unbranched alkanes of at least 4 members (excludes halogenated alkanes) is 10. The molecule has 176 valence electrons. The van der Waals surface area contributed by atoms with Gasteiger partial charge in [-0.1, -0.05) is 70.9 Å². The summed E-state index contributed by atoms with van der Waals surface area (Å²) in [7, 11) is 0. The summed E-state index contributed by atoms with van der Waals surface area (Å²) in [5.41, 5.74) is 2.27. The zero-order chi connectivity index (χ0) is 22.7. The highest BCUT2D eigenvalue weighted by Crippen LogP contribution is 2.20. The second kappa shape index (κ2) is 17.4. The van der Waals surface area contributed by atoms with Gasteiger partial charge >= 0.3 is 0 Å². The van der Waals surface area contributed by atoms with Crippen LogP contribution in [0.4, 0.5) is 0 Å². The fraction of sp³-hybridized carbons (Fsp3) is 0.586. The number of hydrogen-bond donors (Lipinski definition) is 0. The normalized spacial score (nSPS) is 11.3. The minimum Gasteiger partial charge on any atom is -0.494 e. The average molecular weight is 437 g/mol. The van der Waals surface area contributed by atoms with Crippen LogP contribution in [0.3, 0.4) is 0 Å². The summed E-state index contributed by atoms with van der Waals surface area (Å²) in [5.74, 6) is 1.71. The summed E-state index contributed by atoms with van der Waals surface area (Å²) in [5, 5.41) is 0. The Hall–Kier alpha value is -2.16. The Morgan fingerprint density at radius 3 is 1.97 bits per heavy atom. The number of aromatic nitrogens is 2. The van der Waals surface area contributed by atoms with Crippen molar-refractivity contribution < 1.29 is 4.74 Å². The zero-order valence-corrected chi connectivity index (χ0v) is 20.5. The largest absolute Gasteiger partial charge is 0.494 e. The van der Waals surface area contributed by atoms with E-state index in [1.807, 2.05) is 24.5 Å². The van der Waals surface area contributed by atoms with Crippen LogP contribution in [0.15, 0.2) is 48.8 Å². The fourth-order valence-corrected chi connectivity index (χ4v) is 3.74. The molecule has 0 bridgehead atoms. The second-order valence-electron chi connectivity index (χ2n) is 8.77. The van der Waals surface area contributed by atoms with E-state index in [2.05, 4.69) is 48.1 Å². The van der Waals surface area contributed by atoms with Crippen LogP contribution in [0.25, 0.3) is 11.4 Å².